The van der Waals surface area contributed by atoms with Crippen molar-refractivity contribution in [1.29, 1.82) is 0 Å². The number of nitrogens with zero attached hydrogens (tertiary/aromatic N) is 5. The predicted molar refractivity (Wildman–Crippen MR) is 126 cm³/mol. The van der Waals surface area contributed by atoms with Gasteiger partial charge in [-0.2, -0.15) is 0 Å². The molecule has 1 aromatic heterocycles. The lowest BCUT2D eigenvalue weighted by Gasteiger charge is -2.34. The van der Waals surface area contributed by atoms with Gasteiger partial charge in [-0.3, -0.25) is 9.59 Å². The number of hydrogen-bond donors (Lipinski definition) is 1. The Hall–Kier alpha value is -2.49. The first-order valence-corrected chi connectivity index (χ1v) is 12.4. The third-order valence-electron chi connectivity index (χ3n) is 7.26. The van der Waals surface area contributed by atoms with Gasteiger partial charge < -0.3 is 19.9 Å². The number of hydrogen-bond acceptors (Lipinski definition) is 6. The number of carbonyl (C=O) groups excluding carboxylic acids is 2. The van der Waals surface area contributed by atoms with E-state index in [1.807, 2.05) is 24.3 Å². The highest BCUT2D eigenvalue weighted by Crippen LogP contribution is 2.29. The standard InChI is InChI=1S/C24H31ClN6O3/c1-29-10-8-19(9-11-29)26-23(32)17-6-12-30(13-7-17)24(33)22-20-15-34-21(14-31(20)28-27-22)16-2-4-18(25)5-3-16/h2-5,17,19,21H,6-15H2,1H3,(H,26,32). The molecular formula is C24H31ClN6O3. The molecule has 1 atom stereocenters. The molecule has 2 fully saturated rings. The van der Waals surface area contributed by atoms with Gasteiger partial charge in [0.25, 0.3) is 5.91 Å². The second-order valence-electron chi connectivity index (χ2n) is 9.57. The number of amides is 2. The molecule has 1 unspecified atom stereocenters. The van der Waals surface area contributed by atoms with Gasteiger partial charge in [-0.15, -0.1) is 5.10 Å². The molecular weight excluding hydrogens is 456 g/mol. The smallest absolute Gasteiger partial charge is 0.276 e. The molecule has 3 aliphatic heterocycles. The van der Waals surface area contributed by atoms with Crippen LogP contribution in [0, 0.1) is 5.92 Å². The Morgan fingerprint density at radius 3 is 2.47 bits per heavy atom. The van der Waals surface area contributed by atoms with Crippen molar-refractivity contribution in [1.82, 2.24) is 30.1 Å². The van der Waals surface area contributed by atoms with Gasteiger partial charge in [0, 0.05) is 30.1 Å². The summed E-state index contributed by atoms with van der Waals surface area (Å²) in [7, 11) is 2.11. The Labute approximate surface area is 204 Å². The molecule has 5 rings (SSSR count). The monoisotopic (exact) mass is 486 g/mol. The molecule has 0 bridgehead atoms. The summed E-state index contributed by atoms with van der Waals surface area (Å²) in [5, 5.41) is 12.3. The number of likely N-dealkylation sites (tertiary alicyclic amines) is 2. The zero-order valence-electron chi connectivity index (χ0n) is 19.5. The predicted octanol–water partition coefficient (Wildman–Crippen LogP) is 2.27. The van der Waals surface area contributed by atoms with Crippen molar-refractivity contribution in [2.75, 3.05) is 33.2 Å². The van der Waals surface area contributed by atoms with Crippen LogP contribution in [-0.4, -0.2) is 75.9 Å². The number of aromatic nitrogens is 3. The van der Waals surface area contributed by atoms with Gasteiger partial charge in [0.1, 0.15) is 6.10 Å². The van der Waals surface area contributed by atoms with Gasteiger partial charge in [-0.1, -0.05) is 28.9 Å². The first-order chi connectivity index (χ1) is 16.5. The van der Waals surface area contributed by atoms with E-state index >= 15 is 0 Å². The van der Waals surface area contributed by atoms with Crippen molar-refractivity contribution in [3.05, 3.63) is 46.2 Å². The molecule has 1 aromatic carbocycles. The molecule has 182 valence electrons. The van der Waals surface area contributed by atoms with Gasteiger partial charge in [0.15, 0.2) is 5.69 Å². The fourth-order valence-electron chi connectivity index (χ4n) is 5.02. The summed E-state index contributed by atoms with van der Waals surface area (Å²) < 4.78 is 7.79. The van der Waals surface area contributed by atoms with Crippen LogP contribution in [0.1, 0.15) is 53.5 Å². The maximum atomic E-state index is 13.2. The minimum Gasteiger partial charge on any atom is -0.365 e. The average molecular weight is 487 g/mol. The first kappa shape index (κ1) is 23.3. The highest BCUT2D eigenvalue weighted by Gasteiger charge is 2.33. The van der Waals surface area contributed by atoms with Crippen LogP contribution < -0.4 is 5.32 Å². The second-order valence-corrected chi connectivity index (χ2v) is 10.0. The van der Waals surface area contributed by atoms with E-state index in [1.54, 1.807) is 9.58 Å². The molecule has 0 spiro atoms. The Balaban J connectivity index is 1.15. The van der Waals surface area contributed by atoms with Crippen LogP contribution >= 0.6 is 11.6 Å². The molecule has 3 aliphatic rings. The molecule has 34 heavy (non-hydrogen) atoms. The zero-order chi connectivity index (χ0) is 23.7. The number of rotatable bonds is 4. The van der Waals surface area contributed by atoms with E-state index in [0.29, 0.717) is 48.9 Å². The Kier molecular flexibility index (Phi) is 6.85. The number of carbonyl (C=O) groups is 2. The molecule has 4 heterocycles. The molecule has 0 saturated carbocycles. The number of fused-ring (bicyclic) bond motifs is 1. The number of benzene rings is 1. The van der Waals surface area contributed by atoms with Crippen molar-refractivity contribution in [2.45, 2.75) is 51.0 Å². The molecule has 9 nitrogen and oxygen atoms in total. The van der Waals surface area contributed by atoms with E-state index in [4.69, 9.17) is 16.3 Å². The van der Waals surface area contributed by atoms with Crippen molar-refractivity contribution < 1.29 is 14.3 Å². The van der Waals surface area contributed by atoms with Gasteiger partial charge in [0.2, 0.25) is 5.91 Å². The Bertz CT molecular complexity index is 1030. The van der Waals surface area contributed by atoms with Crippen molar-refractivity contribution in [3.8, 4) is 0 Å². The minimum atomic E-state index is -0.159. The number of nitrogens with one attached hydrogen (secondary N) is 1. The summed E-state index contributed by atoms with van der Waals surface area (Å²) in [4.78, 5) is 30.0. The van der Waals surface area contributed by atoms with E-state index in [0.717, 1.165) is 31.5 Å². The van der Waals surface area contributed by atoms with Crippen LogP contribution in [0.4, 0.5) is 0 Å². The SMILES string of the molecule is CN1CCC(NC(=O)C2CCN(C(=O)c3nnn4c3COC(c3ccc(Cl)cc3)C4)CC2)CC1. The molecule has 1 N–H and O–H groups in total. The Morgan fingerprint density at radius 2 is 1.76 bits per heavy atom. The van der Waals surface area contributed by atoms with Crippen LogP contribution in [0.15, 0.2) is 24.3 Å². The van der Waals surface area contributed by atoms with Crippen molar-refractivity contribution in [2.24, 2.45) is 5.92 Å². The largest absolute Gasteiger partial charge is 0.365 e. The van der Waals surface area contributed by atoms with E-state index in [-0.39, 0.29) is 36.5 Å². The van der Waals surface area contributed by atoms with E-state index in [2.05, 4.69) is 27.6 Å². The molecule has 0 radical (unpaired) electrons. The summed E-state index contributed by atoms with van der Waals surface area (Å²) >= 11 is 5.98. The van der Waals surface area contributed by atoms with Crippen LogP contribution in [0.25, 0.3) is 0 Å². The van der Waals surface area contributed by atoms with Gasteiger partial charge in [0.05, 0.1) is 18.8 Å². The van der Waals surface area contributed by atoms with Crippen LogP contribution in [0.2, 0.25) is 5.02 Å². The lowest BCUT2D eigenvalue weighted by atomic mass is 9.94. The summed E-state index contributed by atoms with van der Waals surface area (Å²) in [6, 6.07) is 7.82. The minimum absolute atomic E-state index is 0.0405. The summed E-state index contributed by atoms with van der Waals surface area (Å²) in [5.74, 6) is -0.0468. The maximum Gasteiger partial charge on any atom is 0.276 e. The summed E-state index contributed by atoms with van der Waals surface area (Å²) in [6.45, 7) is 3.90. The maximum absolute atomic E-state index is 13.2. The quantitative estimate of drug-likeness (QED) is 0.712. The van der Waals surface area contributed by atoms with E-state index in [9.17, 15) is 9.59 Å². The molecule has 0 aliphatic carbocycles. The highest BCUT2D eigenvalue weighted by molar-refractivity contribution is 6.30. The summed E-state index contributed by atoms with van der Waals surface area (Å²) in [6.07, 6.45) is 3.18. The third-order valence-corrected chi connectivity index (χ3v) is 7.51. The lowest BCUT2D eigenvalue weighted by molar-refractivity contribution is -0.127. The number of piperidine rings is 2. The van der Waals surface area contributed by atoms with Gasteiger partial charge in [-0.05, 0) is 63.5 Å². The molecule has 2 saturated heterocycles. The van der Waals surface area contributed by atoms with E-state index < -0.39 is 0 Å². The fourth-order valence-corrected chi connectivity index (χ4v) is 5.15. The number of ether oxygens (including phenoxy) is 1. The first-order valence-electron chi connectivity index (χ1n) is 12.1. The van der Waals surface area contributed by atoms with E-state index in [1.165, 1.54) is 0 Å². The van der Waals surface area contributed by atoms with Crippen LogP contribution in [0.5, 0.6) is 0 Å². The van der Waals surface area contributed by atoms with Gasteiger partial charge >= 0.3 is 0 Å². The van der Waals surface area contributed by atoms with Crippen molar-refractivity contribution in [3.63, 3.8) is 0 Å². The van der Waals surface area contributed by atoms with Gasteiger partial charge in [-0.25, -0.2) is 4.68 Å². The molecule has 2 amide bonds. The highest BCUT2D eigenvalue weighted by atomic mass is 35.5. The Morgan fingerprint density at radius 1 is 1.06 bits per heavy atom. The topological polar surface area (TPSA) is 92.6 Å². The zero-order valence-corrected chi connectivity index (χ0v) is 20.2. The van der Waals surface area contributed by atoms with Crippen molar-refractivity contribution >= 4 is 23.4 Å². The van der Waals surface area contributed by atoms with Crippen LogP contribution in [-0.2, 0) is 22.7 Å². The summed E-state index contributed by atoms with van der Waals surface area (Å²) in [5.41, 5.74) is 2.07. The second kappa shape index (κ2) is 10.0. The normalized spacial score (nSPS) is 22.4. The van der Waals surface area contributed by atoms with Crippen LogP contribution in [0.3, 0.4) is 0 Å². The molecule has 10 heteroatoms. The average Bonchev–Trinajstić information content (AvgIpc) is 3.29. The third kappa shape index (κ3) is 4.96. The fraction of sp³-hybridized carbons (Fsp3) is 0.583. The lowest BCUT2D eigenvalue weighted by Crippen LogP contribution is -2.48. The molecule has 2 aromatic rings. The number of halogens is 1.